The maximum atomic E-state index is 6.20. The van der Waals surface area contributed by atoms with Crippen LogP contribution in [0.5, 0.6) is 5.75 Å². The van der Waals surface area contributed by atoms with Gasteiger partial charge < -0.3 is 10.1 Å². The van der Waals surface area contributed by atoms with Crippen LogP contribution in [0, 0.1) is 0 Å². The molecular formula is C22H19ClN2O. The first-order chi connectivity index (χ1) is 12.8. The lowest BCUT2D eigenvalue weighted by Gasteiger charge is -2.22. The van der Waals surface area contributed by atoms with Gasteiger partial charge >= 0.3 is 0 Å². The molecule has 0 amide bonds. The van der Waals surface area contributed by atoms with Crippen LogP contribution in [0.2, 0.25) is 5.02 Å². The van der Waals surface area contributed by atoms with E-state index >= 15 is 0 Å². The number of hydrogen-bond donors (Lipinski definition) is 1. The number of fused-ring (bicyclic) bond motifs is 1. The Morgan fingerprint density at radius 2 is 1.92 bits per heavy atom. The van der Waals surface area contributed by atoms with Crippen LogP contribution < -0.4 is 10.1 Å². The van der Waals surface area contributed by atoms with Crippen LogP contribution >= 0.6 is 11.6 Å². The van der Waals surface area contributed by atoms with Crippen molar-refractivity contribution in [2.45, 2.75) is 6.04 Å². The summed E-state index contributed by atoms with van der Waals surface area (Å²) in [4.78, 5) is 4.53. The number of benzene rings is 2. The van der Waals surface area contributed by atoms with Crippen molar-refractivity contribution in [2.24, 2.45) is 0 Å². The minimum atomic E-state index is -0.0343. The van der Waals surface area contributed by atoms with Crippen LogP contribution in [-0.4, -0.2) is 18.1 Å². The van der Waals surface area contributed by atoms with Crippen molar-refractivity contribution in [3.8, 4) is 5.75 Å². The fraction of sp³-hybridized carbons (Fsp3) is 0.136. The van der Waals surface area contributed by atoms with Crippen molar-refractivity contribution < 1.29 is 4.74 Å². The molecule has 26 heavy (non-hydrogen) atoms. The molecule has 4 heteroatoms. The van der Waals surface area contributed by atoms with E-state index in [1.54, 1.807) is 0 Å². The molecule has 0 aliphatic carbocycles. The molecule has 1 aromatic heterocycles. The number of nitrogens with one attached hydrogen (secondary N) is 1. The van der Waals surface area contributed by atoms with Crippen molar-refractivity contribution >= 4 is 17.7 Å². The van der Waals surface area contributed by atoms with E-state index in [-0.39, 0.29) is 6.04 Å². The number of nitrogens with zero attached hydrogens (tertiary/aromatic N) is 1. The Morgan fingerprint density at radius 3 is 2.77 bits per heavy atom. The first-order valence-electron chi connectivity index (χ1n) is 8.61. The average molecular weight is 363 g/mol. The summed E-state index contributed by atoms with van der Waals surface area (Å²) in [6.45, 7) is 1.30. The average Bonchev–Trinajstić information content (AvgIpc) is 2.69. The molecule has 0 unspecified atom stereocenters. The molecule has 4 rings (SSSR count). The molecular weight excluding hydrogens is 344 g/mol. The highest BCUT2D eigenvalue weighted by molar-refractivity contribution is 6.30. The van der Waals surface area contributed by atoms with Gasteiger partial charge in [0.05, 0.1) is 11.7 Å². The molecule has 1 aliphatic rings. The third-order valence-corrected chi connectivity index (χ3v) is 4.63. The van der Waals surface area contributed by atoms with Gasteiger partial charge in [-0.15, -0.1) is 0 Å². The van der Waals surface area contributed by atoms with Gasteiger partial charge in [-0.2, -0.15) is 0 Å². The second-order valence-electron chi connectivity index (χ2n) is 6.25. The number of para-hydroxylation sites is 1. The normalized spacial score (nSPS) is 14.1. The first-order valence-corrected chi connectivity index (χ1v) is 8.98. The minimum absolute atomic E-state index is 0.0343. The highest BCUT2D eigenvalue weighted by Crippen LogP contribution is 2.27. The Labute approximate surface area is 158 Å². The quantitative estimate of drug-likeness (QED) is 0.701. The lowest BCUT2D eigenvalue weighted by Crippen LogP contribution is -2.27. The zero-order valence-electron chi connectivity index (χ0n) is 14.2. The SMILES string of the molecule is Clc1cccc([C@@H](NCC2=Cc3ccccc3OC2)c2ccccn2)c1. The lowest BCUT2D eigenvalue weighted by molar-refractivity contribution is 0.342. The van der Waals surface area contributed by atoms with Gasteiger partial charge in [-0.3, -0.25) is 4.98 Å². The second kappa shape index (κ2) is 7.73. The van der Waals surface area contributed by atoms with Crippen LogP contribution in [-0.2, 0) is 0 Å². The van der Waals surface area contributed by atoms with Gasteiger partial charge in [0, 0.05) is 23.3 Å². The molecule has 2 aromatic carbocycles. The molecule has 130 valence electrons. The summed E-state index contributed by atoms with van der Waals surface area (Å²) in [5, 5.41) is 4.33. The summed E-state index contributed by atoms with van der Waals surface area (Å²) in [6.07, 6.45) is 4.01. The van der Waals surface area contributed by atoms with Crippen molar-refractivity contribution in [1.29, 1.82) is 0 Å². The minimum Gasteiger partial charge on any atom is -0.489 e. The molecule has 3 aromatic rings. The smallest absolute Gasteiger partial charge is 0.127 e. The maximum Gasteiger partial charge on any atom is 0.127 e. The van der Waals surface area contributed by atoms with Crippen molar-refractivity contribution in [1.82, 2.24) is 10.3 Å². The summed E-state index contributed by atoms with van der Waals surface area (Å²) >= 11 is 6.20. The lowest BCUT2D eigenvalue weighted by atomic mass is 10.0. The molecule has 1 N–H and O–H groups in total. The maximum absolute atomic E-state index is 6.20. The number of pyridine rings is 1. The van der Waals surface area contributed by atoms with Gasteiger partial charge in [0.15, 0.2) is 0 Å². The molecule has 2 heterocycles. The first kappa shape index (κ1) is 16.8. The van der Waals surface area contributed by atoms with Gasteiger partial charge in [0.2, 0.25) is 0 Å². The van der Waals surface area contributed by atoms with Crippen molar-refractivity contribution in [2.75, 3.05) is 13.2 Å². The van der Waals surface area contributed by atoms with Gasteiger partial charge in [-0.1, -0.05) is 48.0 Å². The zero-order chi connectivity index (χ0) is 17.8. The van der Waals surface area contributed by atoms with Gasteiger partial charge in [0.1, 0.15) is 12.4 Å². The number of rotatable bonds is 5. The molecule has 0 spiro atoms. The number of hydrogen-bond acceptors (Lipinski definition) is 3. The summed E-state index contributed by atoms with van der Waals surface area (Å²) in [6, 6.07) is 21.9. The number of halogens is 1. The van der Waals surface area contributed by atoms with Crippen LogP contribution in [0.1, 0.15) is 22.9 Å². The van der Waals surface area contributed by atoms with Crippen LogP contribution in [0.3, 0.4) is 0 Å². The Morgan fingerprint density at radius 1 is 1.04 bits per heavy atom. The summed E-state index contributed by atoms with van der Waals surface area (Å²) < 4.78 is 5.85. The van der Waals surface area contributed by atoms with Crippen LogP contribution in [0.15, 0.2) is 78.5 Å². The highest BCUT2D eigenvalue weighted by atomic mass is 35.5. The third kappa shape index (κ3) is 3.79. The van der Waals surface area contributed by atoms with E-state index < -0.39 is 0 Å². The highest BCUT2D eigenvalue weighted by Gasteiger charge is 2.17. The fourth-order valence-corrected chi connectivity index (χ4v) is 3.32. The Bertz CT molecular complexity index is 924. The Kier molecular flexibility index (Phi) is 5.00. The van der Waals surface area contributed by atoms with E-state index in [9.17, 15) is 0 Å². The van der Waals surface area contributed by atoms with Crippen molar-refractivity contribution in [3.05, 3.63) is 100 Å². The summed E-state index contributed by atoms with van der Waals surface area (Å²) in [5.41, 5.74) is 4.38. The molecule has 3 nitrogen and oxygen atoms in total. The third-order valence-electron chi connectivity index (χ3n) is 4.39. The molecule has 0 bridgehead atoms. The van der Waals surface area contributed by atoms with Gasteiger partial charge in [-0.05, 0) is 47.5 Å². The van der Waals surface area contributed by atoms with Gasteiger partial charge in [0.25, 0.3) is 0 Å². The summed E-state index contributed by atoms with van der Waals surface area (Å²) in [7, 11) is 0. The number of aromatic nitrogens is 1. The molecule has 1 aliphatic heterocycles. The van der Waals surface area contributed by atoms with Crippen LogP contribution in [0.25, 0.3) is 6.08 Å². The number of ether oxygens (including phenoxy) is 1. The van der Waals surface area contributed by atoms with E-state index in [2.05, 4.69) is 28.5 Å². The Hall–Kier alpha value is -2.62. The zero-order valence-corrected chi connectivity index (χ0v) is 15.0. The topological polar surface area (TPSA) is 34.1 Å². The molecule has 0 radical (unpaired) electrons. The standard InChI is InChI=1S/C22H19ClN2O/c23-19-8-5-7-18(13-19)22(20-9-3-4-11-24-20)25-14-16-12-17-6-1-2-10-21(17)26-15-16/h1-13,22,25H,14-15H2/t22-/m1/s1. The Balaban J connectivity index is 1.57. The monoisotopic (exact) mass is 362 g/mol. The van der Waals surface area contributed by atoms with Crippen molar-refractivity contribution in [3.63, 3.8) is 0 Å². The second-order valence-corrected chi connectivity index (χ2v) is 6.69. The van der Waals surface area contributed by atoms with E-state index in [0.717, 1.165) is 27.6 Å². The molecule has 0 saturated heterocycles. The van der Waals surface area contributed by atoms with E-state index in [0.29, 0.717) is 13.2 Å². The van der Waals surface area contributed by atoms with E-state index in [1.807, 2.05) is 60.8 Å². The largest absolute Gasteiger partial charge is 0.489 e. The van der Waals surface area contributed by atoms with Crippen LogP contribution in [0.4, 0.5) is 0 Å². The molecule has 0 fully saturated rings. The van der Waals surface area contributed by atoms with Gasteiger partial charge in [-0.25, -0.2) is 0 Å². The predicted octanol–water partition coefficient (Wildman–Crippen LogP) is 4.89. The van der Waals surface area contributed by atoms with E-state index in [4.69, 9.17) is 16.3 Å². The predicted molar refractivity (Wildman–Crippen MR) is 105 cm³/mol. The summed E-state index contributed by atoms with van der Waals surface area (Å²) in [5.74, 6) is 0.937. The molecule has 1 atom stereocenters. The molecule has 0 saturated carbocycles. The fourth-order valence-electron chi connectivity index (χ4n) is 3.12. The van der Waals surface area contributed by atoms with E-state index in [1.165, 1.54) is 5.57 Å².